The lowest BCUT2D eigenvalue weighted by atomic mass is 10.0. The van der Waals surface area contributed by atoms with E-state index in [0.29, 0.717) is 18.7 Å². The summed E-state index contributed by atoms with van der Waals surface area (Å²) in [5, 5.41) is 11.2. The van der Waals surface area contributed by atoms with Gasteiger partial charge in [-0.2, -0.15) is 0 Å². The van der Waals surface area contributed by atoms with Crippen molar-refractivity contribution in [3.8, 4) is 0 Å². The van der Waals surface area contributed by atoms with Gasteiger partial charge in [0.1, 0.15) is 6.61 Å². The number of nitrogens with one attached hydrogen (secondary N) is 2. The van der Waals surface area contributed by atoms with Crippen LogP contribution < -0.4 is 16.6 Å². The smallest absolute Gasteiger partial charge is 0.329 e. The highest BCUT2D eigenvalue weighted by Gasteiger charge is 2.20. The number of amides is 1. The molecule has 10 heteroatoms. The molecule has 0 unspecified atom stereocenters. The highest BCUT2D eigenvalue weighted by molar-refractivity contribution is 6.05. The number of fused-ring (bicyclic) bond motifs is 1. The summed E-state index contributed by atoms with van der Waals surface area (Å²) in [6.45, 7) is 5.64. The molecule has 2 aromatic rings. The minimum absolute atomic E-state index is 0.00892. The van der Waals surface area contributed by atoms with Gasteiger partial charge in [-0.05, 0) is 18.4 Å². The van der Waals surface area contributed by atoms with Crippen molar-refractivity contribution in [3.63, 3.8) is 0 Å². The average Bonchev–Trinajstić information content (AvgIpc) is 2.63. The summed E-state index contributed by atoms with van der Waals surface area (Å²) >= 11 is 0. The Morgan fingerprint density at radius 2 is 2.07 bits per heavy atom. The lowest BCUT2D eigenvalue weighted by Crippen LogP contribution is -2.34. The fraction of sp³-hybridized carbons (Fsp3) is 0.500. The van der Waals surface area contributed by atoms with E-state index < -0.39 is 29.7 Å². The quantitative estimate of drug-likeness (QED) is 0.526. The van der Waals surface area contributed by atoms with Gasteiger partial charge in [0.15, 0.2) is 5.65 Å². The number of carboxylic acids is 1. The van der Waals surface area contributed by atoms with Crippen molar-refractivity contribution in [3.05, 3.63) is 38.2 Å². The van der Waals surface area contributed by atoms with Crippen molar-refractivity contribution < 1.29 is 19.4 Å². The number of aryl methyl sites for hydroxylation is 1. The average molecular weight is 392 g/mol. The number of pyridine rings is 1. The van der Waals surface area contributed by atoms with Gasteiger partial charge in [0.05, 0.1) is 17.6 Å². The number of aliphatic carboxylic acids is 1. The second-order valence-electron chi connectivity index (χ2n) is 6.56. The van der Waals surface area contributed by atoms with E-state index in [1.807, 2.05) is 20.8 Å². The predicted molar refractivity (Wildman–Crippen MR) is 102 cm³/mol. The Morgan fingerprint density at radius 1 is 1.36 bits per heavy atom. The Balaban J connectivity index is 2.47. The molecule has 2 aromatic heterocycles. The third kappa shape index (κ3) is 4.83. The van der Waals surface area contributed by atoms with E-state index in [-0.39, 0.29) is 35.7 Å². The van der Waals surface area contributed by atoms with Crippen LogP contribution in [0.5, 0.6) is 0 Å². The summed E-state index contributed by atoms with van der Waals surface area (Å²) in [4.78, 5) is 54.5. The fourth-order valence-corrected chi connectivity index (χ4v) is 2.69. The summed E-state index contributed by atoms with van der Waals surface area (Å²) in [5.74, 6) is -1.66. The number of ether oxygens (including phenoxy) is 1. The number of nitrogens with zero attached hydrogens (tertiary/aromatic N) is 2. The number of hydrogen-bond donors (Lipinski definition) is 3. The largest absolute Gasteiger partial charge is 0.480 e. The summed E-state index contributed by atoms with van der Waals surface area (Å²) in [5.41, 5.74) is -0.384. The van der Waals surface area contributed by atoms with Crippen molar-refractivity contribution in [2.24, 2.45) is 0 Å². The van der Waals surface area contributed by atoms with E-state index in [4.69, 9.17) is 9.84 Å². The Labute approximate surface area is 160 Å². The van der Waals surface area contributed by atoms with Gasteiger partial charge in [-0.25, -0.2) is 14.6 Å². The number of rotatable bonds is 9. The SMILES string of the molecule is CCCn1c(=O)[nH]c(=O)c2c(C(=O)NCCOCC(=O)O)cc(C(C)C)nc21. The van der Waals surface area contributed by atoms with Crippen molar-refractivity contribution in [1.82, 2.24) is 19.9 Å². The zero-order chi connectivity index (χ0) is 20.8. The number of H-pyrrole nitrogens is 1. The van der Waals surface area contributed by atoms with Crippen LogP contribution in [-0.4, -0.2) is 51.3 Å². The zero-order valence-corrected chi connectivity index (χ0v) is 16.1. The maximum atomic E-state index is 12.7. The topological polar surface area (TPSA) is 143 Å². The molecule has 1 amide bonds. The van der Waals surface area contributed by atoms with Gasteiger partial charge < -0.3 is 15.2 Å². The minimum Gasteiger partial charge on any atom is -0.480 e. The lowest BCUT2D eigenvalue weighted by molar-refractivity contribution is -0.142. The number of hydrogen-bond acceptors (Lipinski definition) is 6. The number of carboxylic acid groups (broad SMARTS) is 1. The molecule has 0 atom stereocenters. The minimum atomic E-state index is -1.10. The van der Waals surface area contributed by atoms with E-state index in [2.05, 4.69) is 15.3 Å². The first-order valence-electron chi connectivity index (χ1n) is 9.01. The third-order valence-corrected chi connectivity index (χ3v) is 4.01. The highest BCUT2D eigenvalue weighted by Crippen LogP contribution is 2.19. The normalized spacial score (nSPS) is 11.1. The molecule has 0 aliphatic heterocycles. The van der Waals surface area contributed by atoms with E-state index >= 15 is 0 Å². The van der Waals surface area contributed by atoms with Crippen LogP contribution in [0.3, 0.4) is 0 Å². The summed E-state index contributed by atoms with van der Waals surface area (Å²) in [7, 11) is 0. The van der Waals surface area contributed by atoms with E-state index in [1.165, 1.54) is 10.6 Å². The Hall–Kier alpha value is -3.01. The molecule has 10 nitrogen and oxygen atoms in total. The molecule has 28 heavy (non-hydrogen) atoms. The van der Waals surface area contributed by atoms with Gasteiger partial charge in [-0.3, -0.25) is 19.1 Å². The summed E-state index contributed by atoms with van der Waals surface area (Å²) in [6, 6.07) is 1.54. The van der Waals surface area contributed by atoms with E-state index in [0.717, 1.165) is 0 Å². The maximum Gasteiger partial charge on any atom is 0.329 e. The molecular weight excluding hydrogens is 368 g/mol. The summed E-state index contributed by atoms with van der Waals surface area (Å²) < 4.78 is 6.24. The Morgan fingerprint density at radius 3 is 2.68 bits per heavy atom. The molecule has 0 aliphatic carbocycles. The van der Waals surface area contributed by atoms with Gasteiger partial charge in [0, 0.05) is 18.8 Å². The maximum absolute atomic E-state index is 12.7. The first-order valence-corrected chi connectivity index (χ1v) is 9.01. The first kappa shape index (κ1) is 21.3. The number of carbonyl (C=O) groups excluding carboxylic acids is 1. The van der Waals surface area contributed by atoms with Crippen LogP contribution in [0.15, 0.2) is 15.7 Å². The van der Waals surface area contributed by atoms with Gasteiger partial charge in [0.25, 0.3) is 11.5 Å². The molecule has 2 rings (SSSR count). The van der Waals surface area contributed by atoms with Crippen molar-refractivity contribution in [2.75, 3.05) is 19.8 Å². The monoisotopic (exact) mass is 392 g/mol. The molecule has 152 valence electrons. The second kappa shape index (κ2) is 9.27. The van der Waals surface area contributed by atoms with Crippen molar-refractivity contribution >= 4 is 22.9 Å². The van der Waals surface area contributed by atoms with Crippen LogP contribution in [0.1, 0.15) is 49.2 Å². The van der Waals surface area contributed by atoms with Crippen LogP contribution >= 0.6 is 0 Å². The van der Waals surface area contributed by atoms with E-state index in [9.17, 15) is 19.2 Å². The van der Waals surface area contributed by atoms with Gasteiger partial charge in [-0.15, -0.1) is 0 Å². The highest BCUT2D eigenvalue weighted by atomic mass is 16.5. The molecule has 2 heterocycles. The van der Waals surface area contributed by atoms with Crippen LogP contribution in [0.2, 0.25) is 0 Å². The van der Waals surface area contributed by atoms with Crippen LogP contribution in [0, 0.1) is 0 Å². The summed E-state index contributed by atoms with van der Waals surface area (Å²) in [6.07, 6.45) is 0.650. The molecule has 0 radical (unpaired) electrons. The fourth-order valence-electron chi connectivity index (χ4n) is 2.69. The van der Waals surface area contributed by atoms with E-state index in [1.54, 1.807) is 0 Å². The zero-order valence-electron chi connectivity index (χ0n) is 16.1. The Kier molecular flexibility index (Phi) is 7.05. The molecule has 0 bridgehead atoms. The Bertz CT molecular complexity index is 992. The molecule has 0 aliphatic rings. The van der Waals surface area contributed by atoms with Crippen LogP contribution in [0.25, 0.3) is 11.0 Å². The van der Waals surface area contributed by atoms with Crippen molar-refractivity contribution in [1.29, 1.82) is 0 Å². The van der Waals surface area contributed by atoms with Crippen LogP contribution in [0.4, 0.5) is 0 Å². The third-order valence-electron chi connectivity index (χ3n) is 4.01. The predicted octanol–water partition coefficient (Wildman–Crippen LogP) is 0.449. The molecule has 0 aromatic carbocycles. The molecular formula is C18H24N4O6. The number of aromatic nitrogens is 3. The van der Waals surface area contributed by atoms with Crippen LogP contribution in [-0.2, 0) is 16.1 Å². The standard InChI is InChI=1S/C18H24N4O6/c1-4-6-22-15-14(17(26)21-18(22)27)11(8-12(20-15)10(2)3)16(25)19-5-7-28-9-13(23)24/h8,10H,4-7,9H2,1-3H3,(H,19,25)(H,23,24)(H,21,26,27). The molecule has 0 saturated heterocycles. The molecule has 3 N–H and O–H groups in total. The number of carbonyl (C=O) groups is 2. The molecule has 0 fully saturated rings. The first-order chi connectivity index (χ1) is 13.3. The molecule has 0 saturated carbocycles. The number of aromatic amines is 1. The second-order valence-corrected chi connectivity index (χ2v) is 6.56. The van der Waals surface area contributed by atoms with Gasteiger partial charge in [-0.1, -0.05) is 20.8 Å². The van der Waals surface area contributed by atoms with Gasteiger partial charge in [0.2, 0.25) is 0 Å². The van der Waals surface area contributed by atoms with Gasteiger partial charge >= 0.3 is 11.7 Å². The molecule has 0 spiro atoms. The van der Waals surface area contributed by atoms with Crippen molar-refractivity contribution in [2.45, 2.75) is 39.7 Å². The lowest BCUT2D eigenvalue weighted by Gasteiger charge is -2.14.